The van der Waals surface area contributed by atoms with Gasteiger partial charge >= 0.3 is 59.7 Å². The lowest BCUT2D eigenvalue weighted by Crippen LogP contribution is -2.63. The Labute approximate surface area is 734 Å². The fourth-order valence-corrected chi connectivity index (χ4v) is 15.2. The number of phenols is 29. The number of esters is 10. The van der Waals surface area contributed by atoms with Crippen LogP contribution in [0.25, 0.3) is 44.5 Å². The van der Waals surface area contributed by atoms with Gasteiger partial charge in [-0.05, 0) is 60.7 Å². The largest absolute Gasteiger partial charge is 0.504 e. The zero-order valence-corrected chi connectivity index (χ0v) is 65.4. The molecule has 6 aliphatic rings. The zero-order chi connectivity index (χ0) is 97.2. The number of fused-ring (bicyclic) bond motifs is 18. The predicted molar refractivity (Wildman–Crippen MR) is 413 cm³/mol. The van der Waals surface area contributed by atoms with E-state index < -0.39 is 413 Å². The lowest BCUT2D eigenvalue weighted by molar-refractivity contribution is -0.283. The second-order valence-corrected chi connectivity index (χ2v) is 29.4. The van der Waals surface area contributed by atoms with Crippen molar-refractivity contribution >= 4 is 59.7 Å². The standard InChI is InChI=1S/C82H54O52/c83-24-1-14(71(112)133-81-69-67(129-76(117)19-7-29(88)50(98)59(107)41(19)43-21(78(119)131-69)9-31(90)52(100)61(43)109)65-35(125-81)12-122-72(113)15-3-25(84)46(94)55(103)37(15)39-17(74(115)127-65)5-27(86)48(96)57(39)105)2-34(45(24)93)124-64-23(11-33(92)54(102)63(64)111)80(121)134-82-70-68(130-77(118)20-8-30(89)51(99)60(108)42(20)44-22(79(120)132-70)10-32(91)53(101)62(44)110)66-36(126-82)13-123-73(114)16-4-26(85)47(95)56(104)38(16)40-18(75(116)128-66)6-28(87)49(97)58(40)106/h1-11,35-36,65-70,81-111H,12-13H2/t35-,36-,65-,66-,67+,68+,69-,70-,81+,82+/m1/s1. The summed E-state index contributed by atoms with van der Waals surface area (Å²) in [4.78, 5) is 150. The summed E-state index contributed by atoms with van der Waals surface area (Å²) in [6.45, 7) is -3.12. The molecule has 0 aliphatic carbocycles. The molecule has 694 valence electrons. The maximum Gasteiger partial charge on any atom is 0.344 e. The minimum Gasteiger partial charge on any atom is -0.504 e. The Balaban J connectivity index is 0.804. The fourth-order valence-electron chi connectivity index (χ4n) is 15.2. The summed E-state index contributed by atoms with van der Waals surface area (Å²) in [5.74, 6) is -68.5. The van der Waals surface area contributed by atoms with Crippen LogP contribution in [0.1, 0.15) is 104 Å². The van der Waals surface area contributed by atoms with E-state index in [4.69, 9.17) is 61.6 Å². The van der Waals surface area contributed by atoms with Crippen molar-refractivity contribution in [3.05, 3.63) is 122 Å². The molecule has 10 atom stereocenters. The van der Waals surface area contributed by atoms with E-state index in [1.807, 2.05) is 0 Å². The van der Waals surface area contributed by atoms with E-state index >= 15 is 38.4 Å². The van der Waals surface area contributed by atoms with Gasteiger partial charge in [-0.15, -0.1) is 0 Å². The quantitative estimate of drug-likeness (QED) is 0.0641. The van der Waals surface area contributed by atoms with Gasteiger partial charge in [0.1, 0.15) is 31.0 Å². The number of hydrogen-bond acceptors (Lipinski definition) is 52. The van der Waals surface area contributed by atoms with Crippen molar-refractivity contribution in [2.45, 2.75) is 61.4 Å². The molecule has 29 N–H and O–H groups in total. The normalized spacial score (nSPS) is 20.1. The highest BCUT2D eigenvalue weighted by atomic mass is 16.8. The first kappa shape index (κ1) is 88.3. The van der Waals surface area contributed by atoms with Gasteiger partial charge in [0, 0.05) is 50.6 Å². The third-order valence-corrected chi connectivity index (χ3v) is 21.6. The summed E-state index contributed by atoms with van der Waals surface area (Å²) in [7, 11) is 0. The van der Waals surface area contributed by atoms with Crippen LogP contribution >= 0.6 is 0 Å². The molecule has 0 radical (unpaired) electrons. The molecule has 134 heavy (non-hydrogen) atoms. The Morgan fingerprint density at radius 2 is 0.463 bits per heavy atom. The molecule has 0 saturated carbocycles. The Bertz CT molecular complexity index is 6980. The van der Waals surface area contributed by atoms with Crippen LogP contribution in [0.4, 0.5) is 0 Å². The number of aromatic hydroxyl groups is 29. The van der Waals surface area contributed by atoms with Crippen molar-refractivity contribution in [2.24, 2.45) is 0 Å². The Morgan fingerprint density at radius 3 is 0.739 bits per heavy atom. The average molecular weight is 1870 g/mol. The third-order valence-electron chi connectivity index (χ3n) is 21.6. The average Bonchev–Trinajstić information content (AvgIpc) is 1.19. The predicted octanol–water partition coefficient (Wildman–Crippen LogP) is 3.69. The number of benzene rings is 10. The number of phenolic OH excluding ortho intramolecular Hbond substituents is 29. The van der Waals surface area contributed by atoms with Gasteiger partial charge in [-0.2, -0.15) is 0 Å². The van der Waals surface area contributed by atoms with Crippen LogP contribution in [-0.4, -0.2) is 282 Å². The van der Waals surface area contributed by atoms with E-state index in [-0.39, 0.29) is 54.6 Å². The molecule has 6 aliphatic heterocycles. The first-order valence-electron chi connectivity index (χ1n) is 37.2. The maximum absolute atomic E-state index is 15.4. The van der Waals surface area contributed by atoms with Gasteiger partial charge in [0.15, 0.2) is 139 Å². The van der Waals surface area contributed by atoms with Crippen molar-refractivity contribution in [1.29, 1.82) is 0 Å². The van der Waals surface area contributed by atoms with Crippen LogP contribution in [0, 0.1) is 0 Å². The van der Waals surface area contributed by atoms with Crippen LogP contribution in [0.15, 0.2) is 66.7 Å². The van der Waals surface area contributed by atoms with E-state index in [2.05, 4.69) is 0 Å². The summed E-state index contributed by atoms with van der Waals surface area (Å²) in [5.41, 5.74) is -23.2. The Kier molecular flexibility index (Phi) is 20.9. The van der Waals surface area contributed by atoms with E-state index in [9.17, 15) is 158 Å². The van der Waals surface area contributed by atoms with Crippen molar-refractivity contribution in [1.82, 2.24) is 0 Å². The van der Waals surface area contributed by atoms with Crippen LogP contribution in [0.3, 0.4) is 0 Å². The summed E-state index contributed by atoms with van der Waals surface area (Å²) in [6, 6.07) is 2.87. The molecular formula is C82H54O52. The van der Waals surface area contributed by atoms with Gasteiger partial charge in [-0.1, -0.05) is 0 Å². The smallest absolute Gasteiger partial charge is 0.344 e. The summed E-state index contributed by atoms with van der Waals surface area (Å²) >= 11 is 0. The fraction of sp³-hybridized carbons (Fsp3) is 0.146. The molecule has 6 heterocycles. The van der Waals surface area contributed by atoms with Gasteiger partial charge in [-0.25, -0.2) is 47.9 Å². The monoisotopic (exact) mass is 1870 g/mol. The summed E-state index contributed by atoms with van der Waals surface area (Å²) in [5, 5.41) is 322. The second-order valence-electron chi connectivity index (χ2n) is 29.4. The maximum atomic E-state index is 15.4. The van der Waals surface area contributed by atoms with Crippen molar-refractivity contribution in [3.8, 4) is 223 Å². The van der Waals surface area contributed by atoms with Crippen LogP contribution in [0.2, 0.25) is 0 Å². The Morgan fingerprint density at radius 1 is 0.239 bits per heavy atom. The molecule has 0 aromatic heterocycles. The molecule has 0 amide bonds. The van der Waals surface area contributed by atoms with Crippen molar-refractivity contribution in [3.63, 3.8) is 0 Å². The number of hydrogen-bond donors (Lipinski definition) is 29. The first-order valence-corrected chi connectivity index (χ1v) is 37.2. The molecule has 0 bridgehead atoms. The molecule has 10 aromatic rings. The topological polar surface area (TPSA) is 877 Å². The number of rotatable bonds is 6. The molecule has 0 unspecified atom stereocenters. The number of ether oxygens (including phenoxy) is 13. The van der Waals surface area contributed by atoms with Crippen molar-refractivity contribution in [2.75, 3.05) is 13.2 Å². The number of carbonyl (C=O) groups is 10. The van der Waals surface area contributed by atoms with Crippen LogP contribution < -0.4 is 4.74 Å². The SMILES string of the molecule is O=C(O[C@@H]1O[C@@H]2COC(=O)c3cc(O)c(O)c(O)c3-c3c(cc(O)c(O)c3O)C(=O)O[C@H]2[C@@H]2OC(=O)c3cc(O)c(O)c(O)c3-c3c(cc(O)c(O)c3O)C(=O)O[C@@H]12)c1cc(O)c(O)c(Oc2c(C(=O)O[C@@H]3O[C@@H]4COC(=O)c5cc(O)c(O)c(O)c5-c5c(cc(O)c(O)c5O)C(=O)O[C@H]4[C@@H]4OC(=O)c5cc(O)c(O)c(O)c5-c5c(cc(O)c(O)c5O)C(=O)O[C@@H]34)cc(O)c(O)c2O)c1. The molecule has 2 fully saturated rings. The third kappa shape index (κ3) is 13.9. The van der Waals surface area contributed by atoms with Gasteiger partial charge < -0.3 is 210 Å². The van der Waals surface area contributed by atoms with Gasteiger partial charge in [-0.3, -0.25) is 0 Å². The molecule has 10 aromatic carbocycles. The summed E-state index contributed by atoms with van der Waals surface area (Å²) in [6.07, 6.45) is -28.4. The van der Waals surface area contributed by atoms with Crippen LogP contribution in [0.5, 0.6) is 178 Å². The minimum absolute atomic E-state index is 0.111. The minimum atomic E-state index is -3.08. The second kappa shape index (κ2) is 31.7. The van der Waals surface area contributed by atoms with Gasteiger partial charge in [0.2, 0.25) is 88.0 Å². The lowest BCUT2D eigenvalue weighted by Gasteiger charge is -2.44. The van der Waals surface area contributed by atoms with E-state index in [1.54, 1.807) is 0 Å². The summed E-state index contributed by atoms with van der Waals surface area (Å²) < 4.78 is 74.7. The highest BCUT2D eigenvalue weighted by molar-refractivity contribution is 6.13. The number of carbonyl (C=O) groups excluding carboxylic acids is 10. The van der Waals surface area contributed by atoms with Gasteiger partial charge in [0.25, 0.3) is 0 Å². The molecular weight excluding hydrogens is 1820 g/mol. The van der Waals surface area contributed by atoms with Crippen molar-refractivity contribution < 1.29 is 258 Å². The van der Waals surface area contributed by atoms with Gasteiger partial charge in [0.05, 0.1) is 50.1 Å². The molecule has 52 heteroatoms. The number of cyclic esters (lactones) is 2. The van der Waals surface area contributed by atoms with E-state index in [0.717, 1.165) is 0 Å². The molecule has 52 nitrogen and oxygen atoms in total. The first-order chi connectivity index (χ1) is 63.1. The zero-order valence-electron chi connectivity index (χ0n) is 65.4. The lowest BCUT2D eigenvalue weighted by atomic mass is 9.91. The van der Waals surface area contributed by atoms with Crippen LogP contribution in [-0.2, 0) is 56.8 Å². The van der Waals surface area contributed by atoms with E-state index in [1.165, 1.54) is 0 Å². The van der Waals surface area contributed by atoms with E-state index in [0.29, 0.717) is 12.1 Å². The molecule has 0 spiro atoms. The highest BCUT2D eigenvalue weighted by Gasteiger charge is 2.59. The molecule has 16 rings (SSSR count). The molecule has 2 saturated heterocycles. The highest BCUT2D eigenvalue weighted by Crippen LogP contribution is 2.61. The Hall–Kier alpha value is -19.2.